The quantitative estimate of drug-likeness (QED) is 0.372. The van der Waals surface area contributed by atoms with Crippen LogP contribution in [0.5, 0.6) is 0 Å². The Morgan fingerprint density at radius 3 is 1.81 bits per heavy atom. The minimum Gasteiger partial charge on any atom is -0.465 e. The molecule has 1 atom stereocenters. The van der Waals surface area contributed by atoms with E-state index >= 15 is 0 Å². The number of esters is 1. The highest BCUT2D eigenvalue weighted by molar-refractivity contribution is 5.87. The van der Waals surface area contributed by atoms with Crippen molar-refractivity contribution in [1.82, 2.24) is 0 Å². The molecule has 0 radical (unpaired) electrons. The normalized spacial score (nSPS) is 13.4. The highest BCUT2D eigenvalue weighted by Gasteiger charge is 2.47. The van der Waals surface area contributed by atoms with Crippen LogP contribution >= 0.6 is 0 Å². The Morgan fingerprint density at radius 1 is 1.05 bits per heavy atom. The van der Waals surface area contributed by atoms with Gasteiger partial charge < -0.3 is 4.74 Å². The van der Waals surface area contributed by atoms with Crippen LogP contribution in [0.4, 0.5) is 22.0 Å². The Labute approximate surface area is 116 Å². The van der Waals surface area contributed by atoms with Crippen molar-refractivity contribution in [2.24, 2.45) is 0 Å². The van der Waals surface area contributed by atoms with Gasteiger partial charge in [-0.15, -0.1) is 0 Å². The summed E-state index contributed by atoms with van der Waals surface area (Å²) in [6, 6.07) is 1.31. The predicted octanol–water partition coefficient (Wildman–Crippen LogP) is 3.12. The van der Waals surface area contributed by atoms with Crippen molar-refractivity contribution >= 4 is 5.97 Å². The second-order valence-corrected chi connectivity index (χ2v) is 4.04. The molecule has 3 nitrogen and oxygen atoms in total. The molecule has 0 N–H and O–H groups in total. The van der Waals surface area contributed by atoms with Gasteiger partial charge in [0.2, 0.25) is 5.82 Å². The second kappa shape index (κ2) is 6.08. The lowest BCUT2D eigenvalue weighted by atomic mass is 9.78. The SMILES string of the molecule is CCOC(=O)C(C#N)(CC)c1c(F)c(F)c(F)c(F)c1F. The van der Waals surface area contributed by atoms with Gasteiger partial charge in [-0.1, -0.05) is 6.92 Å². The Kier molecular flexibility index (Phi) is 4.88. The fourth-order valence-corrected chi connectivity index (χ4v) is 1.84. The number of carbonyl (C=O) groups excluding carboxylic acids is 1. The van der Waals surface area contributed by atoms with Gasteiger partial charge in [-0.25, -0.2) is 26.7 Å². The molecular formula is C13H10F5NO2. The average Bonchev–Trinajstić information content (AvgIpc) is 2.48. The van der Waals surface area contributed by atoms with E-state index in [9.17, 15) is 26.7 Å². The third-order valence-corrected chi connectivity index (χ3v) is 2.98. The van der Waals surface area contributed by atoms with E-state index in [-0.39, 0.29) is 6.61 Å². The van der Waals surface area contributed by atoms with Crippen LogP contribution in [0.25, 0.3) is 0 Å². The maximum atomic E-state index is 13.8. The van der Waals surface area contributed by atoms with Gasteiger partial charge in [-0.3, -0.25) is 0 Å². The lowest BCUT2D eigenvalue weighted by molar-refractivity contribution is -0.148. The van der Waals surface area contributed by atoms with Gasteiger partial charge in [0.1, 0.15) is 0 Å². The molecule has 0 spiro atoms. The molecule has 1 aromatic rings. The molecule has 0 aliphatic heterocycles. The van der Waals surface area contributed by atoms with E-state index in [2.05, 4.69) is 4.74 Å². The number of nitriles is 1. The van der Waals surface area contributed by atoms with E-state index < -0.39 is 52.5 Å². The summed E-state index contributed by atoms with van der Waals surface area (Å²) >= 11 is 0. The van der Waals surface area contributed by atoms with Crippen molar-refractivity contribution in [1.29, 1.82) is 5.26 Å². The van der Waals surface area contributed by atoms with Crippen LogP contribution in [-0.2, 0) is 14.9 Å². The van der Waals surface area contributed by atoms with Gasteiger partial charge in [-0.2, -0.15) is 5.26 Å². The van der Waals surface area contributed by atoms with E-state index in [1.165, 1.54) is 19.9 Å². The molecule has 0 aliphatic rings. The van der Waals surface area contributed by atoms with E-state index in [0.717, 1.165) is 0 Å². The highest BCUT2D eigenvalue weighted by atomic mass is 19.2. The molecule has 21 heavy (non-hydrogen) atoms. The summed E-state index contributed by atoms with van der Waals surface area (Å²) in [6.07, 6.45) is -0.527. The summed E-state index contributed by atoms with van der Waals surface area (Å²) in [5.74, 6) is -12.6. The van der Waals surface area contributed by atoms with Crippen LogP contribution in [0.3, 0.4) is 0 Å². The van der Waals surface area contributed by atoms with Crippen LogP contribution in [0, 0.1) is 40.4 Å². The molecule has 1 unspecified atom stereocenters. The van der Waals surface area contributed by atoms with Gasteiger partial charge in [0, 0.05) is 0 Å². The van der Waals surface area contributed by atoms with Crippen molar-refractivity contribution < 1.29 is 31.5 Å². The van der Waals surface area contributed by atoms with Gasteiger partial charge >= 0.3 is 5.97 Å². The third kappa shape index (κ3) is 2.44. The van der Waals surface area contributed by atoms with Crippen molar-refractivity contribution in [3.63, 3.8) is 0 Å². The summed E-state index contributed by atoms with van der Waals surface area (Å²) in [5.41, 5.74) is -4.11. The Morgan fingerprint density at radius 2 is 1.48 bits per heavy atom. The van der Waals surface area contributed by atoms with E-state index in [1.807, 2.05) is 0 Å². The summed E-state index contributed by atoms with van der Waals surface area (Å²) in [7, 11) is 0. The zero-order chi connectivity index (χ0) is 16.4. The van der Waals surface area contributed by atoms with Crippen LogP contribution in [0.15, 0.2) is 0 Å². The zero-order valence-electron chi connectivity index (χ0n) is 11.1. The largest absolute Gasteiger partial charge is 0.465 e. The number of rotatable bonds is 4. The molecule has 0 amide bonds. The number of ether oxygens (including phenoxy) is 1. The maximum absolute atomic E-state index is 13.8. The molecule has 0 heterocycles. The van der Waals surface area contributed by atoms with E-state index in [4.69, 9.17) is 5.26 Å². The first-order valence-corrected chi connectivity index (χ1v) is 5.88. The zero-order valence-corrected chi connectivity index (χ0v) is 11.1. The first-order chi connectivity index (χ1) is 9.78. The second-order valence-electron chi connectivity index (χ2n) is 4.04. The minimum absolute atomic E-state index is 0.225. The predicted molar refractivity (Wildman–Crippen MR) is 60.4 cm³/mol. The maximum Gasteiger partial charge on any atom is 0.331 e. The van der Waals surface area contributed by atoms with Crippen molar-refractivity contribution in [2.75, 3.05) is 6.61 Å². The Bertz CT molecular complexity index is 597. The number of halogens is 5. The lowest BCUT2D eigenvalue weighted by Crippen LogP contribution is -2.38. The van der Waals surface area contributed by atoms with Crippen molar-refractivity contribution in [3.05, 3.63) is 34.6 Å². The fourth-order valence-electron chi connectivity index (χ4n) is 1.84. The van der Waals surface area contributed by atoms with E-state index in [1.54, 1.807) is 0 Å². The average molecular weight is 307 g/mol. The molecule has 0 fully saturated rings. The summed E-state index contributed by atoms with van der Waals surface area (Å²) in [5, 5.41) is 9.10. The number of benzene rings is 1. The van der Waals surface area contributed by atoms with Crippen molar-refractivity contribution in [2.45, 2.75) is 25.7 Å². The molecule has 8 heteroatoms. The van der Waals surface area contributed by atoms with Gasteiger partial charge in [-0.05, 0) is 13.3 Å². The third-order valence-electron chi connectivity index (χ3n) is 2.98. The first kappa shape index (κ1) is 16.9. The molecule has 0 bridgehead atoms. The highest BCUT2D eigenvalue weighted by Crippen LogP contribution is 2.36. The molecule has 0 saturated carbocycles. The van der Waals surface area contributed by atoms with Gasteiger partial charge in [0.25, 0.3) is 0 Å². The van der Waals surface area contributed by atoms with Crippen LogP contribution in [0.1, 0.15) is 25.8 Å². The van der Waals surface area contributed by atoms with Crippen LogP contribution < -0.4 is 0 Å². The number of nitrogens with zero attached hydrogens (tertiary/aromatic N) is 1. The number of hydrogen-bond donors (Lipinski definition) is 0. The molecule has 0 aromatic heterocycles. The fraction of sp³-hybridized carbons (Fsp3) is 0.385. The molecule has 114 valence electrons. The standard InChI is InChI=1S/C13H10F5NO2/c1-3-13(5-19,12(20)21-4-2)6-7(14)9(16)11(18)10(17)8(6)15/h3-4H2,1-2H3. The van der Waals surface area contributed by atoms with Gasteiger partial charge in [0.05, 0.1) is 18.2 Å². The first-order valence-electron chi connectivity index (χ1n) is 5.88. The molecule has 0 saturated heterocycles. The summed E-state index contributed by atoms with van der Waals surface area (Å²) in [4.78, 5) is 11.8. The van der Waals surface area contributed by atoms with Crippen LogP contribution in [0.2, 0.25) is 0 Å². The Balaban J connectivity index is 3.77. The smallest absolute Gasteiger partial charge is 0.331 e. The van der Waals surface area contributed by atoms with E-state index in [0.29, 0.717) is 0 Å². The number of hydrogen-bond acceptors (Lipinski definition) is 3. The number of carbonyl (C=O) groups is 1. The molecule has 1 aromatic carbocycles. The topological polar surface area (TPSA) is 50.1 Å². The van der Waals surface area contributed by atoms with Crippen LogP contribution in [-0.4, -0.2) is 12.6 Å². The molecule has 1 rings (SSSR count). The monoisotopic (exact) mass is 307 g/mol. The minimum atomic E-state index is -2.61. The summed E-state index contributed by atoms with van der Waals surface area (Å²) in [6.45, 7) is 2.34. The van der Waals surface area contributed by atoms with Gasteiger partial charge in [0.15, 0.2) is 28.7 Å². The molecular weight excluding hydrogens is 297 g/mol. The Hall–Kier alpha value is -2.17. The summed E-state index contributed by atoms with van der Waals surface area (Å²) < 4.78 is 71.6. The van der Waals surface area contributed by atoms with Crippen molar-refractivity contribution in [3.8, 4) is 6.07 Å². The lowest BCUT2D eigenvalue weighted by Gasteiger charge is -2.24. The molecule has 0 aliphatic carbocycles.